The number of allylic oxidation sites excluding steroid dienone is 1. The molecule has 0 fully saturated rings. The third-order valence-corrected chi connectivity index (χ3v) is 7.08. The normalized spacial score (nSPS) is 20.9. The summed E-state index contributed by atoms with van der Waals surface area (Å²) in [5.74, 6) is -0.0752. The van der Waals surface area contributed by atoms with Crippen molar-refractivity contribution in [2.24, 2.45) is 5.92 Å². The Morgan fingerprint density at radius 3 is 2.64 bits per heavy atom. The summed E-state index contributed by atoms with van der Waals surface area (Å²) in [6, 6.07) is 12.2. The Kier molecular flexibility index (Phi) is 5.51. The highest BCUT2D eigenvalue weighted by Crippen LogP contribution is 2.41. The van der Waals surface area contributed by atoms with E-state index in [4.69, 9.17) is 0 Å². The van der Waals surface area contributed by atoms with E-state index < -0.39 is 5.97 Å². The Balaban J connectivity index is 1.83. The Labute approximate surface area is 171 Å². The monoisotopic (exact) mass is 393 g/mol. The molecule has 0 amide bonds. The lowest BCUT2D eigenvalue weighted by molar-refractivity contribution is 0.0702. The Hall–Kier alpha value is -2.17. The number of thiophene rings is 1. The minimum Gasteiger partial charge on any atom is -0.477 e. The van der Waals surface area contributed by atoms with Crippen molar-refractivity contribution in [3.8, 4) is 10.4 Å². The third-order valence-electron chi connectivity index (χ3n) is 5.91. The standard InChI is InChI=1S/C24H27NO2S/c1-16-8-10-17(11-9-16)21-15-25(2)13-12-19(21)20-14-22(28-23(20)24(26)27)18-6-4-3-5-7-18/h3-7,10,14,16H,8-9,11-13,15H2,1-2H3,(H,26,27). The molecule has 0 saturated heterocycles. The molecule has 0 radical (unpaired) electrons. The minimum absolute atomic E-state index is 0.473. The van der Waals surface area contributed by atoms with E-state index in [0.29, 0.717) is 4.88 Å². The van der Waals surface area contributed by atoms with Crippen molar-refractivity contribution >= 4 is 22.9 Å². The van der Waals surface area contributed by atoms with E-state index in [1.54, 1.807) is 0 Å². The van der Waals surface area contributed by atoms with Crippen molar-refractivity contribution in [1.82, 2.24) is 4.90 Å². The van der Waals surface area contributed by atoms with Gasteiger partial charge in [-0.3, -0.25) is 0 Å². The summed E-state index contributed by atoms with van der Waals surface area (Å²) in [4.78, 5) is 15.9. The van der Waals surface area contributed by atoms with Gasteiger partial charge in [0.1, 0.15) is 4.88 Å². The molecule has 4 heteroatoms. The van der Waals surface area contributed by atoms with Crippen molar-refractivity contribution in [1.29, 1.82) is 0 Å². The van der Waals surface area contributed by atoms with Gasteiger partial charge in [0.2, 0.25) is 0 Å². The molecular formula is C24H27NO2S. The van der Waals surface area contributed by atoms with Crippen molar-refractivity contribution in [3.63, 3.8) is 0 Å². The topological polar surface area (TPSA) is 40.5 Å². The third kappa shape index (κ3) is 3.85. The van der Waals surface area contributed by atoms with Gasteiger partial charge < -0.3 is 10.0 Å². The fourth-order valence-electron chi connectivity index (χ4n) is 4.25. The van der Waals surface area contributed by atoms with Crippen LogP contribution in [-0.2, 0) is 0 Å². The lowest BCUT2D eigenvalue weighted by Crippen LogP contribution is -2.29. The fraction of sp³-hybridized carbons (Fsp3) is 0.375. The number of hydrogen-bond donors (Lipinski definition) is 1. The molecule has 0 saturated carbocycles. The predicted molar refractivity (Wildman–Crippen MR) is 117 cm³/mol. The first-order valence-corrected chi connectivity index (χ1v) is 10.9. The van der Waals surface area contributed by atoms with Crippen molar-refractivity contribution in [3.05, 3.63) is 64.1 Å². The van der Waals surface area contributed by atoms with Crippen molar-refractivity contribution in [2.75, 3.05) is 20.1 Å². The van der Waals surface area contributed by atoms with E-state index in [-0.39, 0.29) is 0 Å². The zero-order valence-corrected chi connectivity index (χ0v) is 17.4. The molecule has 0 bridgehead atoms. The fourth-order valence-corrected chi connectivity index (χ4v) is 5.28. The second kappa shape index (κ2) is 8.06. The second-order valence-electron chi connectivity index (χ2n) is 8.08. The molecule has 4 rings (SSSR count). The van der Waals surface area contributed by atoms with Gasteiger partial charge in [-0.1, -0.05) is 43.3 Å². The molecule has 1 unspecified atom stereocenters. The summed E-state index contributed by atoms with van der Waals surface area (Å²) in [6.45, 7) is 4.19. The minimum atomic E-state index is -0.820. The molecule has 2 heterocycles. The maximum atomic E-state index is 12.1. The summed E-state index contributed by atoms with van der Waals surface area (Å²) < 4.78 is 0. The van der Waals surface area contributed by atoms with Crippen LogP contribution in [0.5, 0.6) is 0 Å². The van der Waals surface area contributed by atoms with E-state index in [0.717, 1.165) is 54.3 Å². The van der Waals surface area contributed by atoms with E-state index in [2.05, 4.69) is 43.1 Å². The molecule has 2 aliphatic rings. The lowest BCUT2D eigenvalue weighted by Gasteiger charge is -2.31. The van der Waals surface area contributed by atoms with E-state index in [1.165, 1.54) is 34.5 Å². The number of rotatable bonds is 4. The van der Waals surface area contributed by atoms with Gasteiger partial charge in [-0.2, -0.15) is 0 Å². The molecule has 1 aliphatic carbocycles. The summed E-state index contributed by atoms with van der Waals surface area (Å²) in [7, 11) is 2.16. The molecule has 1 atom stereocenters. The highest BCUT2D eigenvalue weighted by molar-refractivity contribution is 7.17. The van der Waals surface area contributed by atoms with Gasteiger partial charge in [-0.25, -0.2) is 4.79 Å². The van der Waals surface area contributed by atoms with Gasteiger partial charge in [-0.05, 0) is 67.0 Å². The quantitative estimate of drug-likeness (QED) is 0.698. The van der Waals surface area contributed by atoms with Crippen LogP contribution in [-0.4, -0.2) is 36.1 Å². The van der Waals surface area contributed by atoms with Gasteiger partial charge in [-0.15, -0.1) is 11.3 Å². The molecule has 1 aromatic heterocycles. The first-order chi connectivity index (χ1) is 13.5. The maximum Gasteiger partial charge on any atom is 0.346 e. The molecule has 1 N–H and O–H groups in total. The Bertz CT molecular complexity index is 939. The van der Waals surface area contributed by atoms with Crippen LogP contribution < -0.4 is 0 Å². The van der Waals surface area contributed by atoms with Crippen LogP contribution in [0.15, 0.2) is 53.6 Å². The van der Waals surface area contributed by atoms with Crippen LogP contribution in [0, 0.1) is 5.92 Å². The lowest BCUT2D eigenvalue weighted by atomic mass is 9.82. The molecule has 3 nitrogen and oxygen atoms in total. The number of aromatic carboxylic acids is 1. The Morgan fingerprint density at radius 1 is 1.18 bits per heavy atom. The predicted octanol–water partition coefficient (Wildman–Crippen LogP) is 5.95. The summed E-state index contributed by atoms with van der Waals surface area (Å²) in [5, 5.41) is 9.90. The highest BCUT2D eigenvalue weighted by Gasteiger charge is 2.27. The zero-order chi connectivity index (χ0) is 19.7. The first kappa shape index (κ1) is 19.2. The van der Waals surface area contributed by atoms with Gasteiger partial charge >= 0.3 is 5.97 Å². The number of hydrogen-bond acceptors (Lipinski definition) is 3. The summed E-state index contributed by atoms with van der Waals surface area (Å²) >= 11 is 1.40. The first-order valence-electron chi connectivity index (χ1n) is 10.1. The van der Waals surface area contributed by atoms with Crippen LogP contribution in [0.1, 0.15) is 47.8 Å². The largest absolute Gasteiger partial charge is 0.477 e. The van der Waals surface area contributed by atoms with Crippen LogP contribution in [0.4, 0.5) is 0 Å². The SMILES string of the molecule is CC1CC=C(C2=C(c3cc(-c4ccccc4)sc3C(=O)O)CCN(C)C2)CC1. The molecular weight excluding hydrogens is 366 g/mol. The Morgan fingerprint density at radius 2 is 1.96 bits per heavy atom. The molecule has 2 aromatic rings. The zero-order valence-electron chi connectivity index (χ0n) is 16.6. The van der Waals surface area contributed by atoms with Crippen LogP contribution >= 0.6 is 11.3 Å². The molecule has 1 aromatic carbocycles. The number of carboxylic acid groups (broad SMARTS) is 1. The molecule has 146 valence electrons. The number of benzene rings is 1. The molecule has 28 heavy (non-hydrogen) atoms. The van der Waals surface area contributed by atoms with Crippen LogP contribution in [0.2, 0.25) is 0 Å². The second-order valence-corrected chi connectivity index (χ2v) is 9.13. The van der Waals surface area contributed by atoms with Gasteiger partial charge in [0.25, 0.3) is 0 Å². The van der Waals surface area contributed by atoms with Gasteiger partial charge in [0.15, 0.2) is 0 Å². The maximum absolute atomic E-state index is 12.1. The van der Waals surface area contributed by atoms with Crippen molar-refractivity contribution < 1.29 is 9.90 Å². The van der Waals surface area contributed by atoms with E-state index in [9.17, 15) is 9.90 Å². The van der Waals surface area contributed by atoms with E-state index in [1.807, 2.05) is 18.2 Å². The molecule has 1 aliphatic heterocycles. The van der Waals surface area contributed by atoms with Crippen LogP contribution in [0.3, 0.4) is 0 Å². The number of likely N-dealkylation sites (N-methyl/N-ethyl adjacent to an activating group) is 1. The smallest absolute Gasteiger partial charge is 0.346 e. The van der Waals surface area contributed by atoms with Gasteiger partial charge in [0.05, 0.1) is 0 Å². The number of nitrogens with zero attached hydrogens (tertiary/aromatic N) is 1. The van der Waals surface area contributed by atoms with Crippen LogP contribution in [0.25, 0.3) is 16.0 Å². The van der Waals surface area contributed by atoms with E-state index >= 15 is 0 Å². The van der Waals surface area contributed by atoms with Crippen molar-refractivity contribution in [2.45, 2.75) is 32.6 Å². The summed E-state index contributed by atoms with van der Waals surface area (Å²) in [5.41, 5.74) is 6.06. The molecule has 0 spiro atoms. The summed E-state index contributed by atoms with van der Waals surface area (Å²) in [6.07, 6.45) is 6.75. The highest BCUT2D eigenvalue weighted by atomic mass is 32.1. The average molecular weight is 394 g/mol. The number of carbonyl (C=O) groups is 1. The van der Waals surface area contributed by atoms with Gasteiger partial charge in [0, 0.05) is 23.5 Å². The average Bonchev–Trinajstić information content (AvgIpc) is 3.15. The number of carboxylic acids is 1.